The van der Waals surface area contributed by atoms with Crippen molar-refractivity contribution < 1.29 is 13.2 Å². The third kappa shape index (κ3) is 3.78. The Bertz CT molecular complexity index is 583. The molecule has 2 rings (SSSR count). The predicted molar refractivity (Wildman–Crippen MR) is 76.6 cm³/mol. The second kappa shape index (κ2) is 5.90. The highest BCUT2D eigenvalue weighted by molar-refractivity contribution is 7.89. The van der Waals surface area contributed by atoms with Gasteiger partial charge >= 0.3 is 0 Å². The van der Waals surface area contributed by atoms with Crippen molar-refractivity contribution in [3.63, 3.8) is 0 Å². The Kier molecular flexibility index (Phi) is 4.42. The van der Waals surface area contributed by atoms with Crippen LogP contribution in [0.4, 0.5) is 5.69 Å². The summed E-state index contributed by atoms with van der Waals surface area (Å²) in [6, 6.07) is 5.62. The van der Waals surface area contributed by atoms with Gasteiger partial charge in [-0.15, -0.1) is 0 Å². The van der Waals surface area contributed by atoms with E-state index in [2.05, 4.69) is 17.6 Å². The number of benzene rings is 1. The molecular formula is C13H19N3O3S. The first kappa shape index (κ1) is 15.0. The lowest BCUT2D eigenvalue weighted by Gasteiger charge is -2.27. The molecule has 6 nitrogen and oxygen atoms in total. The van der Waals surface area contributed by atoms with E-state index in [1.165, 1.54) is 24.3 Å². The average Bonchev–Trinajstić information content (AvgIpc) is 2.38. The maximum atomic E-state index is 12.1. The third-order valence-electron chi connectivity index (χ3n) is 3.43. The minimum absolute atomic E-state index is 0.0277. The van der Waals surface area contributed by atoms with Crippen LogP contribution in [-0.2, 0) is 14.8 Å². The molecule has 1 aliphatic heterocycles. The number of piperidine rings is 1. The van der Waals surface area contributed by atoms with Crippen molar-refractivity contribution in [3.8, 4) is 0 Å². The van der Waals surface area contributed by atoms with Crippen molar-refractivity contribution in [3.05, 3.63) is 24.3 Å². The molecule has 1 heterocycles. The van der Waals surface area contributed by atoms with Crippen LogP contribution in [0.15, 0.2) is 29.2 Å². The van der Waals surface area contributed by atoms with Crippen molar-refractivity contribution in [2.24, 2.45) is 11.1 Å². The molecule has 1 saturated heterocycles. The molecule has 2 unspecified atom stereocenters. The van der Waals surface area contributed by atoms with Gasteiger partial charge in [-0.1, -0.05) is 6.92 Å². The van der Waals surface area contributed by atoms with E-state index in [1.54, 1.807) is 0 Å². The molecule has 20 heavy (non-hydrogen) atoms. The smallest absolute Gasteiger partial charge is 0.241 e. The molecule has 1 aromatic carbocycles. The molecule has 0 radical (unpaired) electrons. The van der Waals surface area contributed by atoms with Gasteiger partial charge in [0.05, 0.1) is 10.9 Å². The minimum Gasteiger partial charge on any atom is -0.325 e. The zero-order valence-electron chi connectivity index (χ0n) is 11.3. The zero-order chi connectivity index (χ0) is 14.8. The molecule has 0 bridgehead atoms. The van der Waals surface area contributed by atoms with Gasteiger partial charge in [0.1, 0.15) is 0 Å². The SMILES string of the molecule is CC1CCNC(C(=O)Nc2ccc(S(N)(=O)=O)cc2)C1. The van der Waals surface area contributed by atoms with Gasteiger partial charge in [-0.2, -0.15) is 0 Å². The minimum atomic E-state index is -3.70. The number of primary sulfonamides is 1. The molecule has 1 aliphatic rings. The topological polar surface area (TPSA) is 101 Å². The Morgan fingerprint density at radius 2 is 2.00 bits per heavy atom. The highest BCUT2D eigenvalue weighted by atomic mass is 32.2. The third-order valence-corrected chi connectivity index (χ3v) is 4.36. The molecule has 1 amide bonds. The first-order valence-electron chi connectivity index (χ1n) is 6.53. The monoisotopic (exact) mass is 297 g/mol. The van der Waals surface area contributed by atoms with Crippen LogP contribution in [0, 0.1) is 5.92 Å². The van der Waals surface area contributed by atoms with Gasteiger partial charge in [-0.05, 0) is 49.6 Å². The van der Waals surface area contributed by atoms with Crippen LogP contribution in [0.2, 0.25) is 0 Å². The lowest BCUT2D eigenvalue weighted by Crippen LogP contribution is -2.45. The number of hydrogen-bond acceptors (Lipinski definition) is 4. The molecule has 110 valence electrons. The van der Waals surface area contributed by atoms with Crippen LogP contribution in [0.3, 0.4) is 0 Å². The fourth-order valence-electron chi connectivity index (χ4n) is 2.26. The molecule has 4 N–H and O–H groups in total. The number of nitrogens with two attached hydrogens (primary N) is 1. The predicted octanol–water partition coefficient (Wildman–Crippen LogP) is 0.661. The van der Waals surface area contributed by atoms with Gasteiger partial charge in [0, 0.05) is 5.69 Å². The fraction of sp³-hybridized carbons (Fsp3) is 0.462. The van der Waals surface area contributed by atoms with Crippen LogP contribution in [0.1, 0.15) is 19.8 Å². The standard InChI is InChI=1S/C13H19N3O3S/c1-9-6-7-15-12(8-9)13(17)16-10-2-4-11(5-3-10)20(14,18)19/h2-5,9,12,15H,6-8H2,1H3,(H,16,17)(H2,14,18,19). The van der Waals surface area contributed by atoms with E-state index in [0.29, 0.717) is 11.6 Å². The molecule has 0 saturated carbocycles. The summed E-state index contributed by atoms with van der Waals surface area (Å²) in [6.45, 7) is 2.96. The van der Waals surface area contributed by atoms with E-state index in [0.717, 1.165) is 19.4 Å². The van der Waals surface area contributed by atoms with Crippen LogP contribution >= 0.6 is 0 Å². The van der Waals surface area contributed by atoms with Crippen molar-refractivity contribution in [2.45, 2.75) is 30.7 Å². The summed E-state index contributed by atoms with van der Waals surface area (Å²) >= 11 is 0. The van der Waals surface area contributed by atoms with Crippen molar-refractivity contribution >= 4 is 21.6 Å². The van der Waals surface area contributed by atoms with Gasteiger partial charge in [0.15, 0.2) is 0 Å². The van der Waals surface area contributed by atoms with Gasteiger partial charge in [0.2, 0.25) is 15.9 Å². The second-order valence-electron chi connectivity index (χ2n) is 5.19. The normalized spacial score (nSPS) is 23.3. The lowest BCUT2D eigenvalue weighted by molar-refractivity contribution is -0.119. The van der Waals surface area contributed by atoms with E-state index in [9.17, 15) is 13.2 Å². The fourth-order valence-corrected chi connectivity index (χ4v) is 2.78. The largest absolute Gasteiger partial charge is 0.325 e. The lowest BCUT2D eigenvalue weighted by atomic mass is 9.94. The number of amides is 1. The summed E-state index contributed by atoms with van der Waals surface area (Å²) in [5, 5.41) is 11.0. The summed E-state index contributed by atoms with van der Waals surface area (Å²) < 4.78 is 22.3. The number of anilines is 1. The van der Waals surface area contributed by atoms with Crippen LogP contribution in [0.25, 0.3) is 0 Å². The molecule has 0 spiro atoms. The first-order valence-corrected chi connectivity index (χ1v) is 8.08. The molecule has 0 aliphatic carbocycles. The van der Waals surface area contributed by atoms with Crippen LogP contribution in [0.5, 0.6) is 0 Å². The Morgan fingerprint density at radius 3 is 2.55 bits per heavy atom. The molecule has 0 aromatic heterocycles. The van der Waals surface area contributed by atoms with E-state index < -0.39 is 10.0 Å². The molecular weight excluding hydrogens is 278 g/mol. The highest BCUT2D eigenvalue weighted by Crippen LogP contribution is 2.17. The number of nitrogens with one attached hydrogen (secondary N) is 2. The Labute approximate surface area is 118 Å². The quantitative estimate of drug-likeness (QED) is 0.763. The van der Waals surface area contributed by atoms with E-state index in [4.69, 9.17) is 5.14 Å². The Balaban J connectivity index is 2.01. The second-order valence-corrected chi connectivity index (χ2v) is 6.76. The van der Waals surface area contributed by atoms with Crippen molar-refractivity contribution in [1.82, 2.24) is 5.32 Å². The van der Waals surface area contributed by atoms with E-state index >= 15 is 0 Å². The summed E-state index contributed by atoms with van der Waals surface area (Å²) in [4.78, 5) is 12.1. The van der Waals surface area contributed by atoms with Crippen molar-refractivity contribution in [2.75, 3.05) is 11.9 Å². The summed E-state index contributed by atoms with van der Waals surface area (Å²) in [5.41, 5.74) is 0.558. The Hall–Kier alpha value is -1.44. The van der Waals surface area contributed by atoms with Crippen LogP contribution in [-0.4, -0.2) is 26.9 Å². The molecule has 1 fully saturated rings. The molecule has 2 atom stereocenters. The van der Waals surface area contributed by atoms with Gasteiger partial charge in [-0.25, -0.2) is 13.6 Å². The van der Waals surface area contributed by atoms with Gasteiger partial charge < -0.3 is 10.6 Å². The number of sulfonamides is 1. The summed E-state index contributed by atoms with van der Waals surface area (Å²) in [5.74, 6) is 0.427. The van der Waals surface area contributed by atoms with Crippen LogP contribution < -0.4 is 15.8 Å². The Morgan fingerprint density at radius 1 is 1.35 bits per heavy atom. The molecule has 1 aromatic rings. The maximum Gasteiger partial charge on any atom is 0.241 e. The highest BCUT2D eigenvalue weighted by Gasteiger charge is 2.24. The number of carbonyl (C=O) groups excluding carboxylic acids is 1. The number of rotatable bonds is 3. The first-order chi connectivity index (χ1) is 9.36. The average molecular weight is 297 g/mol. The number of carbonyl (C=O) groups is 1. The summed E-state index contributed by atoms with van der Waals surface area (Å²) in [6.07, 6.45) is 1.88. The maximum absolute atomic E-state index is 12.1. The van der Waals surface area contributed by atoms with Crippen molar-refractivity contribution in [1.29, 1.82) is 0 Å². The molecule has 7 heteroatoms. The zero-order valence-corrected chi connectivity index (χ0v) is 12.1. The van der Waals surface area contributed by atoms with E-state index in [1.807, 2.05) is 0 Å². The van der Waals surface area contributed by atoms with Gasteiger partial charge in [-0.3, -0.25) is 4.79 Å². The number of hydrogen-bond donors (Lipinski definition) is 3. The van der Waals surface area contributed by atoms with E-state index in [-0.39, 0.29) is 16.8 Å². The summed E-state index contributed by atoms with van der Waals surface area (Å²) in [7, 11) is -3.70. The van der Waals surface area contributed by atoms with Gasteiger partial charge in [0.25, 0.3) is 0 Å².